The number of hydrogen-bond donors (Lipinski definition) is 3. The van der Waals surface area contributed by atoms with Crippen molar-refractivity contribution in [2.75, 3.05) is 18.1 Å². The van der Waals surface area contributed by atoms with Crippen molar-refractivity contribution in [1.82, 2.24) is 14.9 Å². The van der Waals surface area contributed by atoms with Crippen molar-refractivity contribution in [3.63, 3.8) is 0 Å². The van der Waals surface area contributed by atoms with E-state index < -0.39 is 28.8 Å². The van der Waals surface area contributed by atoms with E-state index >= 15 is 0 Å². The number of rotatable bonds is 5. The number of alkyl halides is 3. The largest absolute Gasteiger partial charge is 0.416 e. The summed E-state index contributed by atoms with van der Waals surface area (Å²) in [6.07, 6.45) is -3.59. The number of hydrogen-bond acceptors (Lipinski definition) is 5. The number of benzene rings is 2. The summed E-state index contributed by atoms with van der Waals surface area (Å²) in [5.74, 6) is -1.14. The van der Waals surface area contributed by atoms with Gasteiger partial charge in [0, 0.05) is 11.7 Å². The molecule has 174 valence electrons. The maximum atomic E-state index is 13.1. The number of carbonyl (C=O) groups excluding carboxylic acids is 1. The molecule has 1 heterocycles. The first-order chi connectivity index (χ1) is 15.4. The second-order valence-electron chi connectivity index (χ2n) is 7.39. The molecule has 11 heteroatoms. The number of anilines is 2. The van der Waals surface area contributed by atoms with Gasteiger partial charge in [0.05, 0.1) is 16.3 Å². The highest BCUT2D eigenvalue weighted by Crippen LogP contribution is 2.35. The maximum Gasteiger partial charge on any atom is 0.416 e. The smallest absolute Gasteiger partial charge is 0.383 e. The average Bonchev–Trinajstić information content (AvgIpc) is 2.73. The van der Waals surface area contributed by atoms with Gasteiger partial charge in [0.25, 0.3) is 11.5 Å². The molecule has 0 saturated heterocycles. The van der Waals surface area contributed by atoms with Gasteiger partial charge in [-0.05, 0) is 56.3 Å². The molecule has 0 aliphatic carbocycles. The molecule has 0 unspecified atom stereocenters. The highest BCUT2D eigenvalue weighted by molar-refractivity contribution is 6.32. The molecule has 0 saturated carbocycles. The molecule has 1 atom stereocenters. The zero-order valence-corrected chi connectivity index (χ0v) is 18.7. The molecule has 3 aromatic rings. The molecule has 2 aromatic carbocycles. The van der Waals surface area contributed by atoms with Crippen molar-refractivity contribution < 1.29 is 18.0 Å². The monoisotopic (exact) mass is 479 g/mol. The number of amides is 1. The lowest BCUT2D eigenvalue weighted by atomic mass is 10.1. The van der Waals surface area contributed by atoms with Crippen LogP contribution in [0.4, 0.5) is 24.7 Å². The summed E-state index contributed by atoms with van der Waals surface area (Å²) < 4.78 is 40.1. The molecule has 33 heavy (non-hydrogen) atoms. The average molecular weight is 480 g/mol. The Balaban J connectivity index is 2.04. The standard InChI is InChI=1S/C22H21ClF3N5O2/c1-11-7-14(22(24,25)26)9-16(23)18(11)31-10-29-19(27)17(21(31)33)20(32)30-15-6-4-5-13(8-15)12(2)28-3/h4-10,12,28H,27H2,1-3H3,(H,30,32)/t12-/m1/s1. The zero-order valence-electron chi connectivity index (χ0n) is 17.9. The molecule has 4 N–H and O–H groups in total. The number of carbonyl (C=O) groups is 1. The summed E-state index contributed by atoms with van der Waals surface area (Å²) in [5, 5.41) is 5.37. The summed E-state index contributed by atoms with van der Waals surface area (Å²) in [5.41, 5.74) is 4.89. The molecule has 0 bridgehead atoms. The van der Waals surface area contributed by atoms with Crippen LogP contribution in [0.25, 0.3) is 5.69 Å². The Morgan fingerprint density at radius 3 is 2.55 bits per heavy atom. The lowest BCUT2D eigenvalue weighted by molar-refractivity contribution is -0.137. The van der Waals surface area contributed by atoms with Crippen LogP contribution in [0.15, 0.2) is 47.5 Å². The second kappa shape index (κ2) is 9.24. The van der Waals surface area contributed by atoms with Gasteiger partial charge in [-0.15, -0.1) is 0 Å². The Morgan fingerprint density at radius 1 is 1.24 bits per heavy atom. The van der Waals surface area contributed by atoms with Crippen molar-refractivity contribution in [1.29, 1.82) is 0 Å². The maximum absolute atomic E-state index is 13.1. The molecule has 1 amide bonds. The Hall–Kier alpha value is -3.37. The third-order valence-corrected chi connectivity index (χ3v) is 5.42. The van der Waals surface area contributed by atoms with Gasteiger partial charge in [-0.2, -0.15) is 13.2 Å². The Bertz CT molecular complexity index is 1250. The van der Waals surface area contributed by atoms with Crippen molar-refractivity contribution >= 4 is 29.0 Å². The van der Waals surface area contributed by atoms with E-state index in [-0.39, 0.29) is 28.1 Å². The number of nitrogens with zero attached hydrogens (tertiary/aromatic N) is 2. The first kappa shape index (κ1) is 24.3. The van der Waals surface area contributed by atoms with Gasteiger partial charge in [-0.1, -0.05) is 23.7 Å². The van der Waals surface area contributed by atoms with Crippen molar-refractivity contribution in [3.8, 4) is 5.69 Å². The van der Waals surface area contributed by atoms with Crippen LogP contribution in [-0.4, -0.2) is 22.5 Å². The van der Waals surface area contributed by atoms with Gasteiger partial charge in [-0.3, -0.25) is 14.2 Å². The predicted molar refractivity (Wildman–Crippen MR) is 121 cm³/mol. The summed E-state index contributed by atoms with van der Waals surface area (Å²) >= 11 is 6.08. The minimum Gasteiger partial charge on any atom is -0.383 e. The van der Waals surface area contributed by atoms with Crippen LogP contribution < -0.4 is 21.9 Å². The van der Waals surface area contributed by atoms with E-state index in [4.69, 9.17) is 17.3 Å². The Kier molecular flexibility index (Phi) is 6.80. The van der Waals surface area contributed by atoms with E-state index in [1.165, 1.54) is 6.92 Å². The lowest BCUT2D eigenvalue weighted by Crippen LogP contribution is -2.31. The van der Waals surface area contributed by atoms with Crippen LogP contribution in [0.5, 0.6) is 0 Å². The van der Waals surface area contributed by atoms with Crippen molar-refractivity contribution in [2.24, 2.45) is 0 Å². The summed E-state index contributed by atoms with van der Waals surface area (Å²) in [4.78, 5) is 29.9. The quantitative estimate of drug-likeness (QED) is 0.505. The normalized spacial score (nSPS) is 12.5. The molecular weight excluding hydrogens is 459 g/mol. The van der Waals surface area contributed by atoms with E-state index in [1.54, 1.807) is 25.2 Å². The fraction of sp³-hybridized carbons (Fsp3) is 0.227. The second-order valence-corrected chi connectivity index (χ2v) is 7.80. The van der Waals surface area contributed by atoms with E-state index in [1.807, 2.05) is 13.0 Å². The van der Waals surface area contributed by atoms with Gasteiger partial charge in [0.15, 0.2) is 0 Å². The van der Waals surface area contributed by atoms with E-state index in [0.717, 1.165) is 22.5 Å². The molecule has 0 aliphatic heterocycles. The first-order valence-corrected chi connectivity index (χ1v) is 10.1. The van der Waals surface area contributed by atoms with E-state index in [0.29, 0.717) is 11.8 Å². The Labute approximate surface area is 192 Å². The molecule has 3 rings (SSSR count). The highest BCUT2D eigenvalue weighted by atomic mass is 35.5. The highest BCUT2D eigenvalue weighted by Gasteiger charge is 2.32. The van der Waals surface area contributed by atoms with Gasteiger partial charge in [-0.25, -0.2) is 4.98 Å². The SMILES string of the molecule is CN[C@H](C)c1cccc(NC(=O)c2c(N)ncn(-c3c(C)cc(C(F)(F)F)cc3Cl)c2=O)c1. The number of nitrogens with one attached hydrogen (secondary N) is 2. The van der Waals surface area contributed by atoms with Crippen LogP contribution in [0.1, 0.15) is 40.0 Å². The molecule has 0 fully saturated rings. The summed E-state index contributed by atoms with van der Waals surface area (Å²) in [7, 11) is 1.79. The zero-order chi connectivity index (χ0) is 24.5. The number of nitrogen functional groups attached to an aromatic ring is 1. The van der Waals surface area contributed by atoms with Gasteiger partial charge in [0.1, 0.15) is 17.7 Å². The number of aromatic nitrogens is 2. The van der Waals surface area contributed by atoms with Gasteiger partial charge >= 0.3 is 6.18 Å². The number of halogens is 4. The number of nitrogens with two attached hydrogens (primary N) is 1. The van der Waals surface area contributed by atoms with Crippen LogP contribution >= 0.6 is 11.6 Å². The fourth-order valence-electron chi connectivity index (χ4n) is 3.29. The molecule has 0 aliphatic rings. The first-order valence-electron chi connectivity index (χ1n) is 9.77. The Morgan fingerprint density at radius 2 is 1.94 bits per heavy atom. The minimum absolute atomic E-state index is 0.0207. The van der Waals surface area contributed by atoms with Gasteiger partial charge in [0.2, 0.25) is 0 Å². The van der Waals surface area contributed by atoms with Crippen molar-refractivity contribution in [3.05, 3.63) is 80.4 Å². The van der Waals surface area contributed by atoms with Crippen LogP contribution in [0.2, 0.25) is 5.02 Å². The predicted octanol–water partition coefficient (Wildman–Crippen LogP) is 4.33. The molecule has 1 aromatic heterocycles. The van der Waals surface area contributed by atoms with E-state index in [9.17, 15) is 22.8 Å². The minimum atomic E-state index is -4.61. The number of aryl methyl sites for hydroxylation is 1. The molecule has 0 radical (unpaired) electrons. The lowest BCUT2D eigenvalue weighted by Gasteiger charge is -2.16. The summed E-state index contributed by atoms with van der Waals surface area (Å²) in [6, 6.07) is 8.59. The van der Waals surface area contributed by atoms with E-state index in [2.05, 4.69) is 15.6 Å². The third-order valence-electron chi connectivity index (χ3n) is 5.13. The molecule has 7 nitrogen and oxygen atoms in total. The van der Waals surface area contributed by atoms with Gasteiger partial charge < -0.3 is 16.4 Å². The molecular formula is C22H21ClF3N5O2. The third kappa shape index (κ3) is 5.01. The van der Waals surface area contributed by atoms with Crippen LogP contribution in [0.3, 0.4) is 0 Å². The van der Waals surface area contributed by atoms with Crippen LogP contribution in [0, 0.1) is 6.92 Å². The summed E-state index contributed by atoms with van der Waals surface area (Å²) in [6.45, 7) is 3.31. The van der Waals surface area contributed by atoms with Crippen LogP contribution in [-0.2, 0) is 6.18 Å². The fourth-order valence-corrected chi connectivity index (χ4v) is 3.65. The van der Waals surface area contributed by atoms with Crippen molar-refractivity contribution in [2.45, 2.75) is 26.1 Å². The topological polar surface area (TPSA) is 102 Å². The molecule has 0 spiro atoms.